The molecule has 0 bridgehead atoms. The van der Waals surface area contributed by atoms with E-state index in [2.05, 4.69) is 12.2 Å². The molecule has 0 fully saturated rings. The van der Waals surface area contributed by atoms with Gasteiger partial charge in [0, 0.05) is 18.3 Å². The van der Waals surface area contributed by atoms with E-state index in [9.17, 15) is 4.79 Å². The first-order valence-corrected chi connectivity index (χ1v) is 6.88. The summed E-state index contributed by atoms with van der Waals surface area (Å²) in [5.41, 5.74) is 6.31. The van der Waals surface area contributed by atoms with Crippen molar-refractivity contribution in [1.29, 1.82) is 0 Å². The Morgan fingerprint density at radius 2 is 2.11 bits per heavy atom. The van der Waals surface area contributed by atoms with Crippen molar-refractivity contribution in [2.24, 2.45) is 11.7 Å². The predicted molar refractivity (Wildman–Crippen MR) is 78.3 cm³/mol. The third-order valence-corrected chi connectivity index (χ3v) is 3.16. The minimum absolute atomic E-state index is 0.0364. The summed E-state index contributed by atoms with van der Waals surface area (Å²) in [7, 11) is 0. The quantitative estimate of drug-likeness (QED) is 0.796. The number of nitrogens with one attached hydrogen (secondary N) is 1. The van der Waals surface area contributed by atoms with Crippen LogP contribution >= 0.6 is 0 Å². The van der Waals surface area contributed by atoms with Gasteiger partial charge in [-0.2, -0.15) is 0 Å². The van der Waals surface area contributed by atoms with Crippen LogP contribution in [0.2, 0.25) is 0 Å². The smallest absolute Gasteiger partial charge is 0.228 e. The van der Waals surface area contributed by atoms with Gasteiger partial charge in [0.05, 0.1) is 12.0 Å². The monoisotopic (exact) mass is 264 g/mol. The van der Waals surface area contributed by atoms with E-state index >= 15 is 0 Å². The summed E-state index contributed by atoms with van der Waals surface area (Å²) < 4.78 is 5.72. The Hall–Kier alpha value is -1.55. The van der Waals surface area contributed by atoms with Crippen LogP contribution in [0.3, 0.4) is 0 Å². The zero-order chi connectivity index (χ0) is 14.3. The maximum absolute atomic E-state index is 11.9. The van der Waals surface area contributed by atoms with Crippen LogP contribution < -0.4 is 15.8 Å². The Kier molecular flexibility index (Phi) is 6.36. The number of anilines is 1. The van der Waals surface area contributed by atoms with Crippen molar-refractivity contribution in [3.63, 3.8) is 0 Å². The third kappa shape index (κ3) is 4.91. The van der Waals surface area contributed by atoms with Gasteiger partial charge in [-0.1, -0.05) is 19.9 Å². The maximum Gasteiger partial charge on any atom is 0.228 e. The lowest BCUT2D eigenvalue weighted by Crippen LogP contribution is -2.28. The van der Waals surface area contributed by atoms with Crippen LogP contribution in [-0.2, 0) is 4.79 Å². The summed E-state index contributed by atoms with van der Waals surface area (Å²) in [6.07, 6.45) is 1.85. The molecule has 0 aromatic heterocycles. The first-order valence-electron chi connectivity index (χ1n) is 6.88. The van der Waals surface area contributed by atoms with Gasteiger partial charge in [-0.3, -0.25) is 4.79 Å². The molecular formula is C15H24N2O2. The average molecular weight is 264 g/mol. The van der Waals surface area contributed by atoms with Gasteiger partial charge in [0.1, 0.15) is 5.75 Å². The molecule has 0 heterocycles. The van der Waals surface area contributed by atoms with Crippen molar-refractivity contribution in [1.82, 2.24) is 0 Å². The molecule has 1 rings (SSSR count). The molecule has 0 aliphatic heterocycles. The molecule has 19 heavy (non-hydrogen) atoms. The summed E-state index contributed by atoms with van der Waals surface area (Å²) in [5, 5.41) is 2.88. The Bertz CT molecular complexity index is 403. The normalized spacial score (nSPS) is 13.7. The average Bonchev–Trinajstić information content (AvgIpc) is 2.40. The van der Waals surface area contributed by atoms with E-state index < -0.39 is 0 Å². The Morgan fingerprint density at radius 3 is 2.68 bits per heavy atom. The molecule has 1 aromatic rings. The number of hydrogen-bond acceptors (Lipinski definition) is 3. The van der Waals surface area contributed by atoms with E-state index in [0.29, 0.717) is 6.54 Å². The van der Waals surface area contributed by atoms with Gasteiger partial charge in [0.25, 0.3) is 0 Å². The van der Waals surface area contributed by atoms with E-state index in [0.717, 1.165) is 24.3 Å². The van der Waals surface area contributed by atoms with Crippen LogP contribution in [0.25, 0.3) is 0 Å². The van der Waals surface area contributed by atoms with Crippen molar-refractivity contribution in [3.05, 3.63) is 24.3 Å². The van der Waals surface area contributed by atoms with E-state index in [-0.39, 0.29) is 17.9 Å². The Labute approximate surface area is 115 Å². The molecule has 0 spiro atoms. The lowest BCUT2D eigenvalue weighted by atomic mass is 10.1. The zero-order valence-electron chi connectivity index (χ0n) is 12.0. The van der Waals surface area contributed by atoms with Gasteiger partial charge in [0.2, 0.25) is 5.91 Å². The molecule has 1 amide bonds. The highest BCUT2D eigenvalue weighted by molar-refractivity contribution is 5.92. The lowest BCUT2D eigenvalue weighted by molar-refractivity contribution is -0.119. The van der Waals surface area contributed by atoms with Gasteiger partial charge >= 0.3 is 0 Å². The molecule has 2 atom stereocenters. The number of rotatable bonds is 7. The summed E-state index contributed by atoms with van der Waals surface area (Å²) in [4.78, 5) is 11.9. The zero-order valence-corrected chi connectivity index (χ0v) is 12.0. The first-order chi connectivity index (χ1) is 9.10. The first kappa shape index (κ1) is 15.5. The molecule has 0 radical (unpaired) electrons. The predicted octanol–water partition coefficient (Wildman–Crippen LogP) is 2.79. The molecule has 0 saturated heterocycles. The third-order valence-electron chi connectivity index (χ3n) is 3.16. The number of nitrogens with two attached hydrogens (primary N) is 1. The highest BCUT2D eigenvalue weighted by atomic mass is 16.5. The van der Waals surface area contributed by atoms with Crippen LogP contribution in [0, 0.1) is 5.92 Å². The lowest BCUT2D eigenvalue weighted by Gasteiger charge is -2.15. The van der Waals surface area contributed by atoms with Crippen molar-refractivity contribution in [2.75, 3.05) is 11.9 Å². The van der Waals surface area contributed by atoms with Gasteiger partial charge in [-0.05, 0) is 31.9 Å². The summed E-state index contributed by atoms with van der Waals surface area (Å²) in [6.45, 7) is 6.42. The van der Waals surface area contributed by atoms with Crippen LogP contribution in [0.4, 0.5) is 5.69 Å². The summed E-state index contributed by atoms with van der Waals surface area (Å²) >= 11 is 0. The second-order valence-electron chi connectivity index (χ2n) is 4.69. The van der Waals surface area contributed by atoms with Gasteiger partial charge in [-0.25, -0.2) is 0 Å². The largest absolute Gasteiger partial charge is 0.491 e. The molecule has 4 nitrogen and oxygen atoms in total. The molecule has 4 heteroatoms. The van der Waals surface area contributed by atoms with E-state index in [4.69, 9.17) is 10.5 Å². The van der Waals surface area contributed by atoms with Crippen LogP contribution in [0.1, 0.15) is 33.6 Å². The van der Waals surface area contributed by atoms with Crippen molar-refractivity contribution < 1.29 is 9.53 Å². The highest BCUT2D eigenvalue weighted by Crippen LogP contribution is 2.20. The second kappa shape index (κ2) is 7.79. The van der Waals surface area contributed by atoms with Crippen LogP contribution in [0.5, 0.6) is 5.75 Å². The van der Waals surface area contributed by atoms with E-state index in [1.165, 1.54) is 0 Å². The minimum Gasteiger partial charge on any atom is -0.491 e. The summed E-state index contributed by atoms with van der Waals surface area (Å²) in [5.74, 6) is 0.595. The van der Waals surface area contributed by atoms with E-state index in [1.807, 2.05) is 38.1 Å². The fourth-order valence-corrected chi connectivity index (χ4v) is 1.67. The molecular weight excluding hydrogens is 240 g/mol. The fraction of sp³-hybridized carbons (Fsp3) is 0.533. The van der Waals surface area contributed by atoms with Gasteiger partial charge < -0.3 is 15.8 Å². The second-order valence-corrected chi connectivity index (χ2v) is 4.69. The molecule has 0 aliphatic carbocycles. The fourth-order valence-electron chi connectivity index (χ4n) is 1.67. The number of benzene rings is 1. The Morgan fingerprint density at radius 1 is 1.37 bits per heavy atom. The number of carbonyl (C=O) groups is 1. The molecule has 1 aromatic carbocycles. The van der Waals surface area contributed by atoms with Gasteiger partial charge in [-0.15, -0.1) is 0 Å². The molecule has 106 valence electrons. The van der Waals surface area contributed by atoms with Gasteiger partial charge in [0.15, 0.2) is 0 Å². The van der Waals surface area contributed by atoms with Crippen LogP contribution in [0.15, 0.2) is 24.3 Å². The molecule has 0 aliphatic rings. The number of amides is 1. The topological polar surface area (TPSA) is 64.3 Å². The molecule has 3 N–H and O–H groups in total. The SMILES string of the molecule is CCC(C)Oc1cccc(NC(=O)C(CC)CN)c1. The highest BCUT2D eigenvalue weighted by Gasteiger charge is 2.14. The number of hydrogen-bond donors (Lipinski definition) is 2. The maximum atomic E-state index is 11.9. The van der Waals surface area contributed by atoms with Crippen LogP contribution in [-0.4, -0.2) is 18.6 Å². The Balaban J connectivity index is 2.69. The number of ether oxygens (including phenoxy) is 1. The minimum atomic E-state index is -0.140. The summed E-state index contributed by atoms with van der Waals surface area (Å²) in [6, 6.07) is 7.46. The number of carbonyl (C=O) groups excluding carboxylic acids is 1. The molecule has 2 unspecified atom stereocenters. The van der Waals surface area contributed by atoms with E-state index in [1.54, 1.807) is 0 Å². The molecule has 0 saturated carbocycles. The standard InChI is InChI=1S/C15H24N2O2/c1-4-11(3)19-14-8-6-7-13(9-14)17-15(18)12(5-2)10-16/h6-9,11-12H,4-5,10,16H2,1-3H3,(H,17,18). The van der Waals surface area contributed by atoms with Crippen molar-refractivity contribution in [3.8, 4) is 5.75 Å². The van der Waals surface area contributed by atoms with Crippen molar-refractivity contribution >= 4 is 11.6 Å². The van der Waals surface area contributed by atoms with Crippen molar-refractivity contribution in [2.45, 2.75) is 39.7 Å².